The Labute approximate surface area is 126 Å². The molecule has 21 heavy (non-hydrogen) atoms. The number of benzene rings is 1. The van der Waals surface area contributed by atoms with E-state index in [1.807, 2.05) is 21.0 Å². The van der Waals surface area contributed by atoms with Gasteiger partial charge in [-0.15, -0.1) is 0 Å². The van der Waals surface area contributed by atoms with Gasteiger partial charge in [-0.2, -0.15) is 8.42 Å². The van der Waals surface area contributed by atoms with Crippen molar-refractivity contribution in [1.29, 1.82) is 0 Å². The summed E-state index contributed by atoms with van der Waals surface area (Å²) in [4.78, 5) is 11.0. The van der Waals surface area contributed by atoms with Crippen LogP contribution in [-0.2, 0) is 14.9 Å². The second-order valence-electron chi connectivity index (χ2n) is 4.30. The molecule has 0 saturated heterocycles. The summed E-state index contributed by atoms with van der Waals surface area (Å²) < 4.78 is 29.2. The minimum atomic E-state index is -4.00. The van der Waals surface area contributed by atoms with Gasteiger partial charge < -0.3 is 0 Å². The molecule has 0 aliphatic carbocycles. The highest BCUT2D eigenvalue weighted by atomic mass is 32.2. The first-order valence-electron chi connectivity index (χ1n) is 6.37. The molecule has 7 heteroatoms. The van der Waals surface area contributed by atoms with Crippen LogP contribution in [0.15, 0.2) is 47.9 Å². The van der Waals surface area contributed by atoms with Gasteiger partial charge in [0.1, 0.15) is 0 Å². The van der Waals surface area contributed by atoms with Gasteiger partial charge in [0.05, 0.1) is 4.90 Å². The molecule has 0 aliphatic heterocycles. The van der Waals surface area contributed by atoms with E-state index in [-0.39, 0.29) is 10.8 Å². The van der Waals surface area contributed by atoms with Gasteiger partial charge in [-0.3, -0.25) is 14.4 Å². The first-order valence-corrected chi connectivity index (χ1v) is 7.81. The summed E-state index contributed by atoms with van der Waals surface area (Å²) in [5, 5.41) is 3.42. The van der Waals surface area contributed by atoms with Crippen LogP contribution in [0.1, 0.15) is 13.3 Å². The van der Waals surface area contributed by atoms with E-state index in [1.54, 1.807) is 28.2 Å². The second kappa shape index (κ2) is 9.28. The van der Waals surface area contributed by atoms with Crippen molar-refractivity contribution in [2.24, 2.45) is 0 Å². The van der Waals surface area contributed by atoms with Gasteiger partial charge >= 0.3 is 0 Å². The van der Waals surface area contributed by atoms with E-state index in [1.165, 1.54) is 18.2 Å². The van der Waals surface area contributed by atoms with Gasteiger partial charge in [0.2, 0.25) is 0 Å². The third kappa shape index (κ3) is 7.60. The quantitative estimate of drug-likeness (QED) is 0.509. The molecule has 0 atom stereocenters. The largest absolute Gasteiger partial charge is 0.294 e. The molecule has 1 aromatic rings. The zero-order chi connectivity index (χ0) is 16.5. The zero-order valence-electron chi connectivity index (χ0n) is 12.6. The van der Waals surface area contributed by atoms with E-state index in [4.69, 9.17) is 4.55 Å². The van der Waals surface area contributed by atoms with Crippen molar-refractivity contribution < 1.29 is 17.8 Å². The zero-order valence-corrected chi connectivity index (χ0v) is 13.4. The Morgan fingerprint density at radius 2 is 1.81 bits per heavy atom. The van der Waals surface area contributed by atoms with Crippen molar-refractivity contribution in [2.75, 3.05) is 20.6 Å². The van der Waals surface area contributed by atoms with E-state index in [2.05, 4.69) is 6.58 Å². The summed E-state index contributed by atoms with van der Waals surface area (Å²) in [5.41, 5.74) is 0. The number of rotatable bonds is 5. The summed E-state index contributed by atoms with van der Waals surface area (Å²) >= 11 is 0. The van der Waals surface area contributed by atoms with Crippen molar-refractivity contribution in [1.82, 2.24) is 10.0 Å². The molecule has 1 aromatic carbocycles. The van der Waals surface area contributed by atoms with Crippen LogP contribution >= 0.6 is 0 Å². The predicted molar refractivity (Wildman–Crippen MR) is 82.1 cm³/mol. The fourth-order valence-electron chi connectivity index (χ4n) is 1.42. The molecule has 118 valence electrons. The van der Waals surface area contributed by atoms with Crippen LogP contribution in [0, 0.1) is 0 Å². The van der Waals surface area contributed by atoms with Crippen molar-refractivity contribution in [2.45, 2.75) is 18.2 Å². The Balaban J connectivity index is 0.000000382. The fraction of sp³-hybridized carbons (Fsp3) is 0.357. The van der Waals surface area contributed by atoms with Gasteiger partial charge in [0, 0.05) is 20.6 Å². The summed E-state index contributed by atoms with van der Waals surface area (Å²) in [7, 11) is -0.314. The van der Waals surface area contributed by atoms with E-state index >= 15 is 0 Å². The van der Waals surface area contributed by atoms with Crippen molar-refractivity contribution >= 4 is 16.0 Å². The Kier molecular flexibility index (Phi) is 8.52. The second-order valence-corrected chi connectivity index (χ2v) is 5.72. The third-order valence-corrected chi connectivity index (χ3v) is 3.26. The molecule has 1 amide bonds. The molecule has 0 aromatic heterocycles. The summed E-state index contributed by atoms with van der Waals surface area (Å²) in [6.07, 6.45) is 2.29. The molecule has 6 nitrogen and oxygen atoms in total. The summed E-state index contributed by atoms with van der Waals surface area (Å²) in [6, 6.07) is 7.42. The van der Waals surface area contributed by atoms with Crippen LogP contribution in [0.25, 0.3) is 0 Å². The lowest BCUT2D eigenvalue weighted by atomic mass is 10.4. The van der Waals surface area contributed by atoms with E-state index < -0.39 is 10.1 Å². The summed E-state index contributed by atoms with van der Waals surface area (Å²) in [6.45, 7) is 6.21. The van der Waals surface area contributed by atoms with E-state index in [0.717, 1.165) is 13.0 Å². The van der Waals surface area contributed by atoms with Gasteiger partial charge in [0.25, 0.3) is 16.0 Å². The number of hydrogen-bond acceptors (Lipinski definition) is 4. The van der Waals surface area contributed by atoms with Crippen LogP contribution in [0.3, 0.4) is 0 Å². The first kappa shape index (κ1) is 19.3. The maximum atomic E-state index is 11.1. The third-order valence-electron chi connectivity index (χ3n) is 2.39. The lowest BCUT2D eigenvalue weighted by Gasteiger charge is -2.27. The Morgan fingerprint density at radius 3 is 2.10 bits per heavy atom. The molecule has 0 unspecified atom stereocenters. The Hall–Kier alpha value is -1.70. The molecular weight excluding hydrogens is 292 g/mol. The van der Waals surface area contributed by atoms with E-state index in [0.29, 0.717) is 0 Å². The van der Waals surface area contributed by atoms with Gasteiger partial charge in [-0.1, -0.05) is 31.7 Å². The molecule has 0 saturated carbocycles. The normalized spacial score (nSPS) is 10.5. The number of hydrogen-bond donors (Lipinski definition) is 1. The van der Waals surface area contributed by atoms with Crippen LogP contribution < -0.4 is 0 Å². The molecular formula is C14H22N2O4S. The molecule has 0 spiro atoms. The number of hydrazine groups is 1. The van der Waals surface area contributed by atoms with Gasteiger partial charge in [0.15, 0.2) is 0 Å². The number of nitrogens with zero attached hydrogens (tertiary/aromatic N) is 2. The van der Waals surface area contributed by atoms with Crippen molar-refractivity contribution in [3.8, 4) is 0 Å². The standard InChI is InChI=1S/C8H16N2O.C6H6O3S/c1-5-7-10(9(3)4)8(11)6-2;7-10(8,9)6-4-2-1-3-5-6/h6H,2,5,7H2,1,3-4H3;1-5H,(H,7,8,9). The Bertz CT molecular complexity index is 541. The molecule has 0 radical (unpaired) electrons. The molecule has 0 aliphatic rings. The minimum Gasteiger partial charge on any atom is -0.282 e. The Morgan fingerprint density at radius 1 is 1.29 bits per heavy atom. The monoisotopic (exact) mass is 314 g/mol. The highest BCUT2D eigenvalue weighted by Crippen LogP contribution is 2.05. The van der Waals surface area contributed by atoms with E-state index in [9.17, 15) is 13.2 Å². The fourth-order valence-corrected chi connectivity index (χ4v) is 1.92. The highest BCUT2D eigenvalue weighted by molar-refractivity contribution is 7.85. The SMILES string of the molecule is C=CC(=O)N(CCC)N(C)C.O=S(=O)(O)c1ccccc1. The van der Waals surface area contributed by atoms with Crippen LogP contribution in [0.4, 0.5) is 0 Å². The highest BCUT2D eigenvalue weighted by Gasteiger charge is 2.09. The molecule has 0 heterocycles. The maximum absolute atomic E-state index is 11.1. The van der Waals surface area contributed by atoms with Crippen molar-refractivity contribution in [3.63, 3.8) is 0 Å². The lowest BCUT2D eigenvalue weighted by Crippen LogP contribution is -2.41. The van der Waals surface area contributed by atoms with Crippen molar-refractivity contribution in [3.05, 3.63) is 43.0 Å². The molecule has 0 fully saturated rings. The number of amides is 1. The smallest absolute Gasteiger partial charge is 0.282 e. The first-order chi connectivity index (χ1) is 9.73. The summed E-state index contributed by atoms with van der Waals surface area (Å²) in [5.74, 6) is -0.0446. The predicted octanol–water partition coefficient (Wildman–Crippen LogP) is 1.82. The van der Waals surface area contributed by atoms with Gasteiger partial charge in [-0.25, -0.2) is 5.01 Å². The average molecular weight is 314 g/mol. The lowest BCUT2D eigenvalue weighted by molar-refractivity contribution is -0.139. The van der Waals surface area contributed by atoms with Gasteiger partial charge in [-0.05, 0) is 24.6 Å². The minimum absolute atomic E-state index is 0.0446. The van der Waals surface area contributed by atoms with Crippen LogP contribution in [-0.4, -0.2) is 49.5 Å². The topological polar surface area (TPSA) is 77.9 Å². The average Bonchev–Trinajstić information content (AvgIpc) is 2.44. The maximum Gasteiger partial charge on any atom is 0.294 e. The molecule has 0 bridgehead atoms. The van der Waals surface area contributed by atoms with Crippen LogP contribution in [0.2, 0.25) is 0 Å². The molecule has 1 N–H and O–H groups in total. The number of carbonyl (C=O) groups is 1. The van der Waals surface area contributed by atoms with Crippen LogP contribution in [0.5, 0.6) is 0 Å². The number of carbonyl (C=O) groups excluding carboxylic acids is 1. The molecule has 1 rings (SSSR count).